The van der Waals surface area contributed by atoms with Crippen molar-refractivity contribution in [2.24, 2.45) is 0 Å². The van der Waals surface area contributed by atoms with E-state index in [-0.39, 0.29) is 18.7 Å². The van der Waals surface area contributed by atoms with E-state index in [1.165, 1.54) is 115 Å². The molecule has 0 aromatic carbocycles. The van der Waals surface area contributed by atoms with Gasteiger partial charge in [0.2, 0.25) is 0 Å². The molecule has 2 rings (SSSR count). The van der Waals surface area contributed by atoms with Crippen LogP contribution in [0.3, 0.4) is 0 Å². The molecule has 1 aliphatic heterocycles. The highest BCUT2D eigenvalue weighted by atomic mass is 31.3. The van der Waals surface area contributed by atoms with Crippen LogP contribution in [0.5, 0.6) is 0 Å². The van der Waals surface area contributed by atoms with Gasteiger partial charge >= 0.3 is 33.3 Å². The lowest BCUT2D eigenvalue weighted by atomic mass is 10.0. The Balaban J connectivity index is 1.80. The zero-order valence-electron chi connectivity index (χ0n) is 41.2. The number of hydrogen-bond donors (Lipinski definition) is 5. The van der Waals surface area contributed by atoms with Crippen molar-refractivity contribution in [3.05, 3.63) is 34.9 Å². The van der Waals surface area contributed by atoms with E-state index in [9.17, 15) is 43.5 Å². The van der Waals surface area contributed by atoms with E-state index >= 15 is 0 Å². The number of aliphatic hydroxyl groups is 2. The number of aliphatic hydroxyl groups excluding tert-OH is 2. The number of nitrogen functional groups attached to an aromatic ring is 1. The minimum atomic E-state index is -5.42. The molecule has 1 aliphatic rings. The van der Waals surface area contributed by atoms with Crippen molar-refractivity contribution in [2.75, 3.05) is 25.6 Å². The molecule has 2 heterocycles. The quantitative estimate of drug-likeness (QED) is 0.0176. The van der Waals surface area contributed by atoms with Crippen molar-refractivity contribution in [1.82, 2.24) is 9.55 Å². The molecule has 2 unspecified atom stereocenters. The average molecular weight is 1010 g/mol. The van der Waals surface area contributed by atoms with E-state index in [0.717, 1.165) is 68.8 Å². The fourth-order valence-corrected chi connectivity index (χ4v) is 9.95. The first-order valence-corrected chi connectivity index (χ1v) is 28.7. The Hall–Kier alpha value is -2.50. The summed E-state index contributed by atoms with van der Waals surface area (Å²) in [5, 5.41) is 20.9. The zero-order chi connectivity index (χ0) is 49.9. The first-order chi connectivity index (χ1) is 32.7. The Kier molecular flexibility index (Phi) is 33.8. The lowest BCUT2D eigenvalue weighted by molar-refractivity contribution is -0.161. The number of esters is 2. The molecule has 20 heteroatoms. The molecule has 18 nitrogen and oxygen atoms in total. The van der Waals surface area contributed by atoms with Gasteiger partial charge in [-0.15, -0.1) is 0 Å². The first kappa shape index (κ1) is 61.6. The van der Waals surface area contributed by atoms with Crippen molar-refractivity contribution in [1.29, 1.82) is 0 Å². The van der Waals surface area contributed by atoms with Gasteiger partial charge < -0.3 is 39.9 Å². The smallest absolute Gasteiger partial charge is 0.462 e. The van der Waals surface area contributed by atoms with Crippen LogP contribution in [0.15, 0.2) is 29.2 Å². The maximum Gasteiger partial charge on any atom is 0.481 e. The number of ether oxygens (including phenoxy) is 3. The Bertz CT molecular complexity index is 1680. The van der Waals surface area contributed by atoms with Gasteiger partial charge in [0.05, 0.1) is 13.2 Å². The first-order valence-electron chi connectivity index (χ1n) is 25.7. The number of hydrogen-bond acceptors (Lipinski definition) is 15. The molecule has 0 bridgehead atoms. The molecule has 6 N–H and O–H groups in total. The summed E-state index contributed by atoms with van der Waals surface area (Å²) >= 11 is 0. The van der Waals surface area contributed by atoms with E-state index < -0.39 is 83.7 Å². The number of nitrogens with two attached hydrogens (primary N) is 1. The van der Waals surface area contributed by atoms with Gasteiger partial charge in [-0.3, -0.25) is 23.2 Å². The Morgan fingerprint density at radius 2 is 1.15 bits per heavy atom. The standard InChI is InChI=1S/C48H87N3O15P2/c1-3-5-7-9-11-13-15-17-19-21-23-25-27-29-31-33-43(52)61-37-40(64-44(53)34-32-30-28-26-24-22-20-18-16-14-12-10-8-6-4-2)38-62-67(57,58)66-68(59,60)63-39-41-45(54)46(55)47(65-41)51-36-35-42(49)50-48(51)56/h18,20,35-36,40-41,45-47,54-55H,3-17,19,21-34,37-39H2,1-2H3,(H,57,58)(H,59,60)(H2,49,50,56)/b20-18-/t40-,41-,45-,46-,47-/m1/s1. The van der Waals surface area contributed by atoms with Crippen LogP contribution in [-0.2, 0) is 46.3 Å². The van der Waals surface area contributed by atoms with E-state index in [1.807, 2.05) is 0 Å². The Morgan fingerprint density at radius 1 is 0.691 bits per heavy atom. The van der Waals surface area contributed by atoms with Crippen LogP contribution in [0.1, 0.15) is 213 Å². The molecule has 1 aromatic rings. The summed E-state index contributed by atoms with van der Waals surface area (Å²) in [5.74, 6) is -1.29. The van der Waals surface area contributed by atoms with Crippen LogP contribution in [-0.4, -0.2) is 85.7 Å². The number of nitrogens with zero attached hydrogens (tertiary/aromatic N) is 2. The summed E-state index contributed by atoms with van der Waals surface area (Å²) in [6.07, 6.45) is 30.0. The lowest BCUT2D eigenvalue weighted by Crippen LogP contribution is -2.36. The van der Waals surface area contributed by atoms with Gasteiger partial charge in [0.25, 0.3) is 0 Å². The molecular formula is C48H87N3O15P2. The van der Waals surface area contributed by atoms with Crippen LogP contribution in [0.4, 0.5) is 5.82 Å². The number of anilines is 1. The molecule has 7 atom stereocenters. The molecule has 1 fully saturated rings. The van der Waals surface area contributed by atoms with E-state index in [2.05, 4.69) is 35.3 Å². The Labute approximate surface area is 405 Å². The minimum Gasteiger partial charge on any atom is -0.462 e. The molecule has 68 heavy (non-hydrogen) atoms. The SMILES string of the molecule is CCCCCCCC/C=C\CCCCCCCC(=O)O[C@H](COC(=O)CCCCCCCCCCCCCCCCC)COP(=O)(O)OP(=O)(O)OC[C@H]1O[C@@H](n2ccc(N)nc2=O)[C@H](O)[C@@H]1O. The van der Waals surface area contributed by atoms with Crippen molar-refractivity contribution in [3.8, 4) is 0 Å². The van der Waals surface area contributed by atoms with E-state index in [4.69, 9.17) is 29.0 Å². The van der Waals surface area contributed by atoms with Gasteiger partial charge in [-0.1, -0.05) is 167 Å². The average Bonchev–Trinajstić information content (AvgIpc) is 3.57. The highest BCUT2D eigenvalue weighted by Gasteiger charge is 2.46. The number of phosphoric acid groups is 2. The number of phosphoric ester groups is 2. The van der Waals surface area contributed by atoms with Crippen LogP contribution < -0.4 is 11.4 Å². The van der Waals surface area contributed by atoms with Crippen LogP contribution in [0.25, 0.3) is 0 Å². The third kappa shape index (κ3) is 29.6. The molecule has 394 valence electrons. The van der Waals surface area contributed by atoms with Gasteiger partial charge in [0.1, 0.15) is 30.7 Å². The molecule has 0 radical (unpaired) electrons. The van der Waals surface area contributed by atoms with Crippen molar-refractivity contribution < 1.29 is 66.3 Å². The summed E-state index contributed by atoms with van der Waals surface area (Å²) in [4.78, 5) is 61.9. The van der Waals surface area contributed by atoms with Gasteiger partial charge in [0, 0.05) is 19.0 Å². The number of rotatable bonds is 43. The van der Waals surface area contributed by atoms with Gasteiger partial charge in [-0.2, -0.15) is 9.29 Å². The molecule has 0 aliphatic carbocycles. The molecule has 0 spiro atoms. The van der Waals surface area contributed by atoms with Gasteiger partial charge in [-0.05, 0) is 44.6 Å². The number of carbonyl (C=O) groups excluding carboxylic acids is 2. The molecule has 0 saturated carbocycles. The van der Waals surface area contributed by atoms with Crippen LogP contribution in [0, 0.1) is 0 Å². The second-order valence-corrected chi connectivity index (χ2v) is 21.1. The number of allylic oxidation sites excluding steroid dienone is 2. The molecule has 0 amide bonds. The Morgan fingerprint density at radius 3 is 1.65 bits per heavy atom. The summed E-state index contributed by atoms with van der Waals surface area (Å²) in [6.45, 7) is 2.17. The fraction of sp³-hybridized carbons (Fsp3) is 0.833. The van der Waals surface area contributed by atoms with Gasteiger partial charge in [-0.25, -0.2) is 13.9 Å². The van der Waals surface area contributed by atoms with Crippen LogP contribution in [0.2, 0.25) is 0 Å². The highest BCUT2D eigenvalue weighted by molar-refractivity contribution is 7.61. The van der Waals surface area contributed by atoms with E-state index in [1.54, 1.807) is 0 Å². The number of carbonyl (C=O) groups is 2. The van der Waals surface area contributed by atoms with Crippen molar-refractivity contribution in [3.63, 3.8) is 0 Å². The highest BCUT2D eigenvalue weighted by Crippen LogP contribution is 2.60. The predicted octanol–water partition coefficient (Wildman–Crippen LogP) is 10.4. The predicted molar refractivity (Wildman–Crippen MR) is 261 cm³/mol. The molecule has 1 saturated heterocycles. The maximum atomic E-state index is 12.8. The second kappa shape index (κ2) is 37.3. The number of aromatic nitrogens is 2. The summed E-state index contributed by atoms with van der Waals surface area (Å²) < 4.78 is 56.8. The topological polar surface area (TPSA) is 265 Å². The fourth-order valence-electron chi connectivity index (χ4n) is 7.84. The third-order valence-corrected chi connectivity index (χ3v) is 14.5. The van der Waals surface area contributed by atoms with Crippen LogP contribution >= 0.6 is 15.6 Å². The van der Waals surface area contributed by atoms with Gasteiger partial charge in [0.15, 0.2) is 12.3 Å². The third-order valence-electron chi connectivity index (χ3n) is 11.9. The minimum absolute atomic E-state index is 0.0445. The summed E-state index contributed by atoms with van der Waals surface area (Å²) in [6, 6.07) is 1.25. The summed E-state index contributed by atoms with van der Waals surface area (Å²) in [7, 11) is -10.8. The summed E-state index contributed by atoms with van der Waals surface area (Å²) in [5.41, 5.74) is 4.59. The second-order valence-electron chi connectivity index (χ2n) is 18.0. The van der Waals surface area contributed by atoms with Crippen molar-refractivity contribution in [2.45, 2.75) is 237 Å². The van der Waals surface area contributed by atoms with E-state index in [0.29, 0.717) is 12.8 Å². The van der Waals surface area contributed by atoms with Crippen molar-refractivity contribution >= 4 is 33.4 Å². The zero-order valence-corrected chi connectivity index (χ0v) is 43.0. The molecule has 1 aromatic heterocycles. The largest absolute Gasteiger partial charge is 0.481 e. The maximum absolute atomic E-state index is 12.8. The molecular weight excluding hydrogens is 920 g/mol. The lowest BCUT2D eigenvalue weighted by Gasteiger charge is -2.21. The monoisotopic (exact) mass is 1010 g/mol. The normalized spacial score (nSPS) is 19.5. The number of unbranched alkanes of at least 4 members (excludes halogenated alkanes) is 25.